The monoisotopic (exact) mass is 649 g/mol. The van der Waals surface area contributed by atoms with Crippen LogP contribution in [0.15, 0.2) is 30.5 Å². The van der Waals surface area contributed by atoms with Crippen molar-refractivity contribution in [2.24, 2.45) is 5.92 Å². The van der Waals surface area contributed by atoms with Crippen LogP contribution in [0.4, 0.5) is 19.0 Å². The van der Waals surface area contributed by atoms with Gasteiger partial charge in [-0.25, -0.2) is 13.2 Å². The Hall–Kier alpha value is -3.74. The maximum absolute atomic E-state index is 16.9. The van der Waals surface area contributed by atoms with E-state index in [-0.39, 0.29) is 54.2 Å². The van der Waals surface area contributed by atoms with Crippen molar-refractivity contribution in [3.05, 3.63) is 47.7 Å². The lowest BCUT2D eigenvalue weighted by Crippen LogP contribution is -2.46. The first kappa shape index (κ1) is 30.6. The second-order valence-electron chi connectivity index (χ2n) is 13.7. The summed E-state index contributed by atoms with van der Waals surface area (Å²) in [5.41, 5.74) is -1.09. The predicted octanol–water partition coefficient (Wildman–Crippen LogP) is 5.32. The lowest BCUT2D eigenvalue weighted by atomic mass is 9.94. The number of rotatable bonds is 7. The molecular formula is C35H38F3N5O4. The molecule has 3 saturated heterocycles. The van der Waals surface area contributed by atoms with Crippen molar-refractivity contribution >= 4 is 27.5 Å². The summed E-state index contributed by atoms with van der Waals surface area (Å²) in [7, 11) is 0. The summed E-state index contributed by atoms with van der Waals surface area (Å²) in [6.07, 6.45) is 4.78. The van der Waals surface area contributed by atoms with E-state index in [0.29, 0.717) is 60.1 Å². The van der Waals surface area contributed by atoms with Gasteiger partial charge in [0.25, 0.3) is 0 Å². The minimum atomic E-state index is -1.09. The predicted molar refractivity (Wildman–Crippen MR) is 170 cm³/mol. The Kier molecular flexibility index (Phi) is 7.45. The van der Waals surface area contributed by atoms with Crippen molar-refractivity contribution in [2.75, 3.05) is 50.9 Å². The molecule has 1 aliphatic carbocycles. The highest BCUT2D eigenvalue weighted by Crippen LogP contribution is 2.44. The molecule has 1 unspecified atom stereocenters. The van der Waals surface area contributed by atoms with Crippen LogP contribution in [0.3, 0.4) is 0 Å². The first-order chi connectivity index (χ1) is 22.7. The molecule has 2 aromatic heterocycles. The molecule has 0 spiro atoms. The number of β-amino-alcohol motifs (C(OH)–C–C–N with tert-alkyl or cyclic N) is 1. The maximum Gasteiger partial charge on any atom is 0.319 e. The Labute approximate surface area is 270 Å². The Morgan fingerprint density at radius 1 is 1.15 bits per heavy atom. The molecular weight excluding hydrogens is 611 g/mol. The number of hydrogen-bond acceptors (Lipinski definition) is 9. The number of aryl methyl sites for hydroxylation is 1. The van der Waals surface area contributed by atoms with Crippen molar-refractivity contribution < 1.29 is 32.9 Å². The molecule has 0 amide bonds. The molecule has 4 aromatic rings. The maximum atomic E-state index is 16.9. The van der Waals surface area contributed by atoms with E-state index in [9.17, 15) is 19.0 Å². The third kappa shape index (κ3) is 5.25. The van der Waals surface area contributed by atoms with Gasteiger partial charge >= 0.3 is 6.01 Å². The fourth-order valence-electron chi connectivity index (χ4n) is 8.12. The number of aliphatic hydroxyl groups is 1. The van der Waals surface area contributed by atoms with Crippen LogP contribution in [0, 0.1) is 17.6 Å². The van der Waals surface area contributed by atoms with Crippen molar-refractivity contribution in [3.8, 4) is 23.0 Å². The largest absolute Gasteiger partial charge is 0.508 e. The number of benzene rings is 2. The minimum absolute atomic E-state index is 0.0587. The first-order valence-electron chi connectivity index (χ1n) is 16.6. The van der Waals surface area contributed by atoms with E-state index in [1.165, 1.54) is 24.4 Å². The third-order valence-corrected chi connectivity index (χ3v) is 10.6. The number of anilines is 1. The molecule has 3 atom stereocenters. The molecule has 3 aliphatic heterocycles. The Balaban J connectivity index is 1.28. The molecule has 1 saturated carbocycles. The summed E-state index contributed by atoms with van der Waals surface area (Å²) < 4.78 is 58.5. The van der Waals surface area contributed by atoms with Crippen LogP contribution >= 0.6 is 0 Å². The fourth-order valence-corrected chi connectivity index (χ4v) is 8.12. The molecule has 12 heteroatoms. The lowest BCUT2D eigenvalue weighted by Gasteiger charge is -2.32. The fraction of sp³-hybridized carbons (Fsp3) is 0.514. The highest BCUT2D eigenvalue weighted by atomic mass is 19.1. The van der Waals surface area contributed by atoms with E-state index < -0.39 is 28.9 Å². The summed E-state index contributed by atoms with van der Waals surface area (Å²) in [4.78, 5) is 17.9. The summed E-state index contributed by atoms with van der Waals surface area (Å²) in [5.74, 6) is -0.860. The Morgan fingerprint density at radius 3 is 2.81 bits per heavy atom. The van der Waals surface area contributed by atoms with Crippen LogP contribution in [0.1, 0.15) is 44.6 Å². The number of nitrogens with zero attached hydrogens (tertiary/aromatic N) is 5. The number of aromatic hydroxyl groups is 1. The van der Waals surface area contributed by atoms with Crippen LogP contribution in [0.25, 0.3) is 32.9 Å². The van der Waals surface area contributed by atoms with Crippen LogP contribution in [0.2, 0.25) is 0 Å². The highest BCUT2D eigenvalue weighted by Gasteiger charge is 2.50. The second-order valence-corrected chi connectivity index (χ2v) is 13.7. The number of ether oxygens (including phenoxy) is 2. The van der Waals surface area contributed by atoms with Gasteiger partial charge in [0, 0.05) is 31.3 Å². The van der Waals surface area contributed by atoms with E-state index in [0.717, 1.165) is 32.2 Å². The molecule has 9 nitrogen and oxygen atoms in total. The molecule has 2 N–H and O–H groups in total. The highest BCUT2D eigenvalue weighted by molar-refractivity contribution is 6.01. The van der Waals surface area contributed by atoms with Crippen LogP contribution in [0.5, 0.6) is 11.8 Å². The topological polar surface area (TPSA) is 104 Å². The van der Waals surface area contributed by atoms with Gasteiger partial charge in [0.15, 0.2) is 5.82 Å². The number of alkyl halides is 1. The van der Waals surface area contributed by atoms with Gasteiger partial charge in [-0.2, -0.15) is 9.97 Å². The van der Waals surface area contributed by atoms with Crippen molar-refractivity contribution in [1.29, 1.82) is 0 Å². The number of halogens is 3. The van der Waals surface area contributed by atoms with Gasteiger partial charge in [-0.05, 0) is 79.1 Å². The summed E-state index contributed by atoms with van der Waals surface area (Å²) in [6, 6.07) is 5.74. The molecule has 5 heterocycles. The van der Waals surface area contributed by atoms with E-state index in [4.69, 9.17) is 14.5 Å². The quantitative estimate of drug-likeness (QED) is 0.275. The van der Waals surface area contributed by atoms with Gasteiger partial charge < -0.3 is 24.6 Å². The smallest absolute Gasteiger partial charge is 0.319 e. The van der Waals surface area contributed by atoms with E-state index in [2.05, 4.69) is 14.9 Å². The van der Waals surface area contributed by atoms with Crippen molar-refractivity contribution in [2.45, 2.75) is 62.8 Å². The van der Waals surface area contributed by atoms with Gasteiger partial charge in [-0.3, -0.25) is 9.88 Å². The van der Waals surface area contributed by atoms with Gasteiger partial charge in [0.1, 0.15) is 47.0 Å². The lowest BCUT2D eigenvalue weighted by molar-refractivity contribution is -0.0417. The summed E-state index contributed by atoms with van der Waals surface area (Å²) in [5, 5.41) is 23.5. The van der Waals surface area contributed by atoms with Gasteiger partial charge in [-0.15, -0.1) is 0 Å². The number of fused-ring (bicyclic) bond motifs is 3. The number of aromatic nitrogens is 3. The van der Waals surface area contributed by atoms with E-state index in [1.54, 1.807) is 6.07 Å². The molecule has 4 fully saturated rings. The zero-order chi connectivity index (χ0) is 32.5. The molecule has 4 aliphatic rings. The molecule has 47 heavy (non-hydrogen) atoms. The van der Waals surface area contributed by atoms with Gasteiger partial charge in [0.05, 0.1) is 30.7 Å². The molecule has 0 bridgehead atoms. The molecule has 0 radical (unpaired) electrons. The van der Waals surface area contributed by atoms with E-state index >= 15 is 4.39 Å². The molecule has 2 aromatic carbocycles. The first-order valence-corrected chi connectivity index (χ1v) is 16.6. The SMILES string of the molecule is CCc1c(F)ccc2cc(O)cc(-c3ncc4c(N5CCOCC(O)(C6CC6)C5)nc(OC[C@@]56CCCN5C[C@H](F)C6)nc4c3F)c12. The van der Waals surface area contributed by atoms with E-state index in [1.807, 2.05) is 11.8 Å². The normalized spacial score (nSPS) is 26.7. The Bertz CT molecular complexity index is 1880. The van der Waals surface area contributed by atoms with Gasteiger partial charge in [-0.1, -0.05) is 13.0 Å². The molecule has 248 valence electrons. The molecule has 8 rings (SSSR count). The van der Waals surface area contributed by atoms with Crippen molar-refractivity contribution in [1.82, 2.24) is 19.9 Å². The van der Waals surface area contributed by atoms with Crippen LogP contribution < -0.4 is 9.64 Å². The number of hydrogen-bond donors (Lipinski definition) is 2. The number of pyridine rings is 1. The average molecular weight is 650 g/mol. The van der Waals surface area contributed by atoms with Gasteiger partial charge in [0.2, 0.25) is 0 Å². The summed E-state index contributed by atoms with van der Waals surface area (Å²) >= 11 is 0. The second kappa shape index (κ2) is 11.5. The summed E-state index contributed by atoms with van der Waals surface area (Å²) in [6.45, 7) is 4.28. The zero-order valence-electron chi connectivity index (χ0n) is 26.3. The third-order valence-electron chi connectivity index (χ3n) is 10.6. The minimum Gasteiger partial charge on any atom is -0.508 e. The Morgan fingerprint density at radius 2 is 2.00 bits per heavy atom. The number of phenols is 1. The average Bonchev–Trinajstić information content (AvgIpc) is 3.81. The van der Waals surface area contributed by atoms with Crippen molar-refractivity contribution in [3.63, 3.8) is 0 Å². The van der Waals surface area contributed by atoms with Crippen LogP contribution in [-0.2, 0) is 11.2 Å². The van der Waals surface area contributed by atoms with Crippen LogP contribution in [-0.4, -0.2) is 93.4 Å². The zero-order valence-corrected chi connectivity index (χ0v) is 26.3. The standard InChI is InChI=1S/C35H38F3N5O4/c1-2-24-27(37)7-4-20-12-23(44)13-25(28(20)24)30-29(38)31-26(15-39-30)32(42-10-11-46-19-35(45,17-42)21-5-6-21)41-33(40-31)47-18-34-8-3-9-43(34)16-22(36)14-34/h4,7,12-13,15,21-22,44-45H,2-3,5-6,8-11,14,16-19H2,1H3/t22-,34+,35?/m1/s1. The number of phenolic OH excluding ortho intramolecular Hbond substituents is 1.